The van der Waals surface area contributed by atoms with Gasteiger partial charge in [0.05, 0.1) is 18.4 Å². The van der Waals surface area contributed by atoms with E-state index in [2.05, 4.69) is 15.4 Å². The highest BCUT2D eigenvalue weighted by Crippen LogP contribution is 2.16. The number of carbonyl (C=O) groups is 2. The summed E-state index contributed by atoms with van der Waals surface area (Å²) < 4.78 is 1.68. The second kappa shape index (κ2) is 8.50. The molecule has 0 bridgehead atoms. The van der Waals surface area contributed by atoms with Crippen molar-refractivity contribution in [1.82, 2.24) is 24.9 Å². The first kappa shape index (κ1) is 18.8. The molecule has 138 valence electrons. The number of aromatic nitrogens is 2. The third-order valence-electron chi connectivity index (χ3n) is 3.94. The van der Waals surface area contributed by atoms with Gasteiger partial charge in [0, 0.05) is 53.4 Å². The van der Waals surface area contributed by atoms with Crippen LogP contribution in [-0.2, 0) is 16.6 Å². The first-order valence-corrected chi connectivity index (χ1v) is 8.44. The Hall–Kier alpha value is -2.58. The van der Waals surface area contributed by atoms with E-state index in [4.69, 9.17) is 0 Å². The van der Waals surface area contributed by atoms with Gasteiger partial charge >= 0.3 is 0 Å². The number of anilines is 1. The van der Waals surface area contributed by atoms with Gasteiger partial charge in [-0.15, -0.1) is 0 Å². The Morgan fingerprint density at radius 3 is 2.72 bits per heavy atom. The van der Waals surface area contributed by atoms with Gasteiger partial charge in [-0.3, -0.25) is 19.3 Å². The molecule has 1 saturated heterocycles. The average molecular weight is 349 g/mol. The average Bonchev–Trinajstić information content (AvgIpc) is 2.99. The van der Waals surface area contributed by atoms with Crippen molar-refractivity contribution in [3.63, 3.8) is 0 Å². The van der Waals surface area contributed by atoms with Gasteiger partial charge in [-0.25, -0.2) is 0 Å². The van der Waals surface area contributed by atoms with Gasteiger partial charge in [0.15, 0.2) is 5.96 Å². The molecule has 2 rings (SSSR count). The predicted molar refractivity (Wildman–Crippen MR) is 96.4 cm³/mol. The molecule has 0 aliphatic carbocycles. The zero-order valence-electron chi connectivity index (χ0n) is 15.4. The largest absolute Gasteiger partial charge is 0.357 e. The summed E-state index contributed by atoms with van der Waals surface area (Å²) in [6.45, 7) is 4.59. The fourth-order valence-electron chi connectivity index (χ4n) is 2.58. The summed E-state index contributed by atoms with van der Waals surface area (Å²) >= 11 is 0. The van der Waals surface area contributed by atoms with Crippen LogP contribution < -0.4 is 10.2 Å². The maximum atomic E-state index is 12.5. The number of guanidine groups is 1. The highest BCUT2D eigenvalue weighted by Gasteiger charge is 2.27. The molecule has 1 aromatic heterocycles. The number of piperazine rings is 1. The van der Waals surface area contributed by atoms with Crippen molar-refractivity contribution >= 4 is 23.5 Å². The molecule has 2 amide bonds. The van der Waals surface area contributed by atoms with Crippen LogP contribution in [0.15, 0.2) is 17.4 Å². The Bertz CT molecular complexity index is 638. The normalized spacial score (nSPS) is 15.5. The number of rotatable bonds is 5. The number of aryl methyl sites for hydroxylation is 1. The summed E-state index contributed by atoms with van der Waals surface area (Å²) in [6.07, 6.45) is 3.88. The number of aliphatic imine (C=N–C) groups is 1. The molecular formula is C16H27N7O2. The van der Waals surface area contributed by atoms with Crippen LogP contribution in [0.2, 0.25) is 0 Å². The highest BCUT2D eigenvalue weighted by atomic mass is 16.2. The van der Waals surface area contributed by atoms with Crippen molar-refractivity contribution in [2.24, 2.45) is 12.0 Å². The summed E-state index contributed by atoms with van der Waals surface area (Å²) in [6, 6.07) is 0. The number of nitrogens with one attached hydrogen (secondary N) is 1. The molecule has 1 N–H and O–H groups in total. The van der Waals surface area contributed by atoms with Crippen molar-refractivity contribution in [3.05, 3.63) is 12.4 Å². The van der Waals surface area contributed by atoms with Crippen LogP contribution in [0.1, 0.15) is 13.3 Å². The maximum Gasteiger partial charge on any atom is 0.246 e. The second-order valence-corrected chi connectivity index (χ2v) is 6.11. The standard InChI is InChI=1S/C16H27N7O2/c1-5-17-16(18-7-6-14(24)20(2)3)22-8-9-23(15(25)12-22)13-10-19-21(4)11-13/h10-11H,5-9,12H2,1-4H3,(H,17,18). The molecule has 2 heterocycles. The lowest BCUT2D eigenvalue weighted by Gasteiger charge is -2.35. The first-order chi connectivity index (χ1) is 11.9. The van der Waals surface area contributed by atoms with Gasteiger partial charge in [-0.1, -0.05) is 0 Å². The first-order valence-electron chi connectivity index (χ1n) is 8.44. The molecule has 9 heteroatoms. The van der Waals surface area contributed by atoms with E-state index in [1.54, 1.807) is 34.8 Å². The minimum Gasteiger partial charge on any atom is -0.357 e. The molecule has 1 aliphatic rings. The topological polar surface area (TPSA) is 86.1 Å². The van der Waals surface area contributed by atoms with Crippen LogP contribution in [0.3, 0.4) is 0 Å². The van der Waals surface area contributed by atoms with E-state index in [1.165, 1.54) is 0 Å². The lowest BCUT2D eigenvalue weighted by molar-refractivity contribution is -0.128. The Morgan fingerprint density at radius 2 is 2.16 bits per heavy atom. The highest BCUT2D eigenvalue weighted by molar-refractivity contribution is 5.98. The number of nitrogens with zero attached hydrogens (tertiary/aromatic N) is 6. The van der Waals surface area contributed by atoms with E-state index in [0.717, 1.165) is 5.69 Å². The minimum absolute atomic E-state index is 0.00854. The quantitative estimate of drug-likeness (QED) is 0.573. The van der Waals surface area contributed by atoms with Crippen LogP contribution in [0.25, 0.3) is 0 Å². The minimum atomic E-state index is 0.00854. The van der Waals surface area contributed by atoms with Crippen LogP contribution >= 0.6 is 0 Å². The third-order valence-corrected chi connectivity index (χ3v) is 3.94. The molecule has 0 atom stereocenters. The van der Waals surface area contributed by atoms with Gasteiger partial charge in [-0.05, 0) is 6.92 Å². The summed E-state index contributed by atoms with van der Waals surface area (Å²) in [5, 5.41) is 7.32. The zero-order valence-corrected chi connectivity index (χ0v) is 15.4. The molecule has 25 heavy (non-hydrogen) atoms. The number of amides is 2. The molecular weight excluding hydrogens is 322 g/mol. The van der Waals surface area contributed by atoms with Crippen LogP contribution in [0, 0.1) is 0 Å². The Kier molecular flexibility index (Phi) is 6.37. The summed E-state index contributed by atoms with van der Waals surface area (Å²) in [4.78, 5) is 33.9. The van der Waals surface area contributed by atoms with E-state index in [-0.39, 0.29) is 18.4 Å². The molecule has 0 saturated carbocycles. The van der Waals surface area contributed by atoms with Gasteiger partial charge in [0.1, 0.15) is 6.54 Å². The SMILES string of the molecule is CCNC(=NCCC(=O)N(C)C)N1CCN(c2cnn(C)c2)C(=O)C1. The maximum absolute atomic E-state index is 12.5. The van der Waals surface area contributed by atoms with Crippen molar-refractivity contribution in [3.8, 4) is 0 Å². The van der Waals surface area contributed by atoms with Crippen molar-refractivity contribution in [2.45, 2.75) is 13.3 Å². The van der Waals surface area contributed by atoms with Gasteiger partial charge < -0.3 is 20.0 Å². The van der Waals surface area contributed by atoms with Crippen LogP contribution in [0.5, 0.6) is 0 Å². The molecule has 1 fully saturated rings. The molecule has 9 nitrogen and oxygen atoms in total. The third kappa shape index (κ3) is 4.94. The summed E-state index contributed by atoms with van der Waals surface area (Å²) in [5.41, 5.74) is 0.811. The van der Waals surface area contributed by atoms with E-state index in [1.807, 2.05) is 25.1 Å². The molecule has 0 aromatic carbocycles. The van der Waals surface area contributed by atoms with E-state index >= 15 is 0 Å². The lowest BCUT2D eigenvalue weighted by Crippen LogP contribution is -2.55. The Balaban J connectivity index is 1.98. The molecule has 0 spiro atoms. The Labute approximate surface area is 148 Å². The zero-order chi connectivity index (χ0) is 18.4. The van der Waals surface area contributed by atoms with Crippen LogP contribution in [-0.4, -0.2) is 84.2 Å². The molecule has 0 radical (unpaired) electrons. The van der Waals surface area contributed by atoms with Gasteiger partial charge in [0.25, 0.3) is 0 Å². The van der Waals surface area contributed by atoms with Gasteiger partial charge in [0.2, 0.25) is 11.8 Å². The van der Waals surface area contributed by atoms with Crippen molar-refractivity contribution < 1.29 is 9.59 Å². The van der Waals surface area contributed by atoms with E-state index in [9.17, 15) is 9.59 Å². The summed E-state index contributed by atoms with van der Waals surface area (Å²) in [7, 11) is 5.29. The molecule has 1 aromatic rings. The monoisotopic (exact) mass is 349 g/mol. The van der Waals surface area contributed by atoms with E-state index in [0.29, 0.717) is 38.6 Å². The fourth-order valence-corrected chi connectivity index (χ4v) is 2.58. The smallest absolute Gasteiger partial charge is 0.246 e. The number of hydrogen-bond acceptors (Lipinski definition) is 4. The van der Waals surface area contributed by atoms with E-state index < -0.39 is 0 Å². The molecule has 1 aliphatic heterocycles. The summed E-state index contributed by atoms with van der Waals surface area (Å²) in [5.74, 6) is 0.722. The Morgan fingerprint density at radius 1 is 1.40 bits per heavy atom. The lowest BCUT2D eigenvalue weighted by atomic mass is 10.3. The number of hydrogen-bond donors (Lipinski definition) is 1. The van der Waals surface area contributed by atoms with Crippen LogP contribution in [0.4, 0.5) is 5.69 Å². The van der Waals surface area contributed by atoms with Crippen molar-refractivity contribution in [1.29, 1.82) is 0 Å². The predicted octanol–water partition coefficient (Wildman–Crippen LogP) is -0.487. The fraction of sp³-hybridized carbons (Fsp3) is 0.625. The van der Waals surface area contributed by atoms with Gasteiger partial charge in [-0.2, -0.15) is 5.10 Å². The second-order valence-electron chi connectivity index (χ2n) is 6.11. The number of carbonyl (C=O) groups excluding carboxylic acids is 2. The molecule has 0 unspecified atom stereocenters. The van der Waals surface area contributed by atoms with Crippen molar-refractivity contribution in [2.75, 3.05) is 51.7 Å².